The summed E-state index contributed by atoms with van der Waals surface area (Å²) in [6.07, 6.45) is 1.63. The zero-order valence-corrected chi connectivity index (χ0v) is 15.5. The van der Waals surface area contributed by atoms with Crippen LogP contribution in [0.3, 0.4) is 0 Å². The lowest BCUT2D eigenvalue weighted by Crippen LogP contribution is -2.52. The highest BCUT2D eigenvalue weighted by Crippen LogP contribution is 2.16. The number of hydrogen-bond donors (Lipinski definition) is 1. The Morgan fingerprint density at radius 1 is 1.28 bits per heavy atom. The number of piperazine rings is 1. The molecule has 2 heterocycles. The summed E-state index contributed by atoms with van der Waals surface area (Å²) < 4.78 is 1.53. The minimum absolute atomic E-state index is 0. The number of hydrogen-bond acceptors (Lipinski definition) is 3. The van der Waals surface area contributed by atoms with Crippen LogP contribution in [0.5, 0.6) is 0 Å². The van der Waals surface area contributed by atoms with Gasteiger partial charge in [0.25, 0.3) is 11.5 Å². The van der Waals surface area contributed by atoms with E-state index in [2.05, 4.69) is 5.32 Å². The number of nitrogens with one attached hydrogen (secondary N) is 1. The number of carbonyl (C=O) groups excluding carboxylic acids is 1. The number of amides is 1. The van der Waals surface area contributed by atoms with Gasteiger partial charge in [-0.15, -0.1) is 12.4 Å². The van der Waals surface area contributed by atoms with Crippen LogP contribution in [0.2, 0.25) is 5.02 Å². The standard InChI is InChI=1S/C18H20ClN3O2.ClH/c1-13-10-20-8-9-22(13)18(24)15-6-7-17(23)21(12-15)11-14-4-2-3-5-16(14)19;/h2-7,12-13,20H,8-11H2,1H3;1H. The van der Waals surface area contributed by atoms with Crippen molar-refractivity contribution in [2.24, 2.45) is 0 Å². The average Bonchev–Trinajstić information content (AvgIpc) is 2.58. The summed E-state index contributed by atoms with van der Waals surface area (Å²) in [4.78, 5) is 26.7. The molecule has 134 valence electrons. The third-order valence-electron chi connectivity index (χ3n) is 4.29. The first-order chi connectivity index (χ1) is 11.6. The summed E-state index contributed by atoms with van der Waals surface area (Å²) >= 11 is 6.17. The molecule has 7 heteroatoms. The molecule has 0 saturated carbocycles. The molecule has 1 fully saturated rings. The number of nitrogens with zero attached hydrogens (tertiary/aromatic N) is 2. The molecule has 1 saturated heterocycles. The maximum absolute atomic E-state index is 12.7. The normalized spacial score (nSPS) is 17.0. The molecule has 25 heavy (non-hydrogen) atoms. The molecule has 1 amide bonds. The molecular weight excluding hydrogens is 361 g/mol. The van der Waals surface area contributed by atoms with E-state index in [0.717, 1.165) is 18.7 Å². The van der Waals surface area contributed by atoms with Gasteiger partial charge in [-0.05, 0) is 24.6 Å². The fourth-order valence-corrected chi connectivity index (χ4v) is 3.10. The maximum atomic E-state index is 12.7. The molecule has 1 unspecified atom stereocenters. The summed E-state index contributed by atoms with van der Waals surface area (Å²) in [5, 5.41) is 3.87. The van der Waals surface area contributed by atoms with Crippen molar-refractivity contribution in [3.8, 4) is 0 Å². The van der Waals surface area contributed by atoms with Gasteiger partial charge in [-0.25, -0.2) is 0 Å². The molecular formula is C18H21Cl2N3O2. The van der Waals surface area contributed by atoms with Crippen molar-refractivity contribution in [2.75, 3.05) is 19.6 Å². The van der Waals surface area contributed by atoms with Crippen molar-refractivity contribution in [1.82, 2.24) is 14.8 Å². The molecule has 1 aromatic carbocycles. The molecule has 1 aromatic heterocycles. The second-order valence-corrected chi connectivity index (χ2v) is 6.43. The van der Waals surface area contributed by atoms with Gasteiger partial charge < -0.3 is 14.8 Å². The number of rotatable bonds is 3. The van der Waals surface area contributed by atoms with Crippen LogP contribution < -0.4 is 10.9 Å². The lowest BCUT2D eigenvalue weighted by molar-refractivity contribution is 0.0655. The summed E-state index contributed by atoms with van der Waals surface area (Å²) in [7, 11) is 0. The maximum Gasteiger partial charge on any atom is 0.255 e. The Kier molecular flexibility index (Phi) is 6.64. The minimum atomic E-state index is -0.153. The van der Waals surface area contributed by atoms with Crippen LogP contribution in [0.1, 0.15) is 22.8 Å². The molecule has 0 aliphatic carbocycles. The molecule has 1 aliphatic rings. The quantitative estimate of drug-likeness (QED) is 0.887. The summed E-state index contributed by atoms with van der Waals surface area (Å²) in [6, 6.07) is 10.6. The van der Waals surface area contributed by atoms with Crippen molar-refractivity contribution in [2.45, 2.75) is 19.5 Å². The Bertz CT molecular complexity index is 807. The summed E-state index contributed by atoms with van der Waals surface area (Å²) in [5.41, 5.74) is 1.22. The monoisotopic (exact) mass is 381 g/mol. The van der Waals surface area contributed by atoms with Crippen LogP contribution in [0.4, 0.5) is 0 Å². The largest absolute Gasteiger partial charge is 0.333 e. The molecule has 3 rings (SSSR count). The summed E-state index contributed by atoms with van der Waals surface area (Å²) in [5.74, 6) is -0.0445. The number of halogens is 2. The molecule has 1 aliphatic heterocycles. The van der Waals surface area contributed by atoms with Crippen molar-refractivity contribution in [3.63, 3.8) is 0 Å². The number of aromatic nitrogens is 1. The highest BCUT2D eigenvalue weighted by molar-refractivity contribution is 6.31. The van der Waals surface area contributed by atoms with Gasteiger partial charge in [0.2, 0.25) is 0 Å². The van der Waals surface area contributed by atoms with Gasteiger partial charge in [0.05, 0.1) is 12.1 Å². The number of carbonyl (C=O) groups is 1. The van der Waals surface area contributed by atoms with Crippen molar-refractivity contribution in [3.05, 3.63) is 69.1 Å². The van der Waals surface area contributed by atoms with Crippen LogP contribution in [0.15, 0.2) is 47.4 Å². The Labute approximate surface area is 158 Å². The van der Waals surface area contributed by atoms with Gasteiger partial charge in [-0.2, -0.15) is 0 Å². The molecule has 5 nitrogen and oxygen atoms in total. The third kappa shape index (κ3) is 4.42. The number of benzene rings is 1. The van der Waals surface area contributed by atoms with E-state index in [-0.39, 0.29) is 29.9 Å². The van der Waals surface area contributed by atoms with E-state index >= 15 is 0 Å². The van der Waals surface area contributed by atoms with E-state index in [1.54, 1.807) is 18.3 Å². The highest BCUT2D eigenvalue weighted by Gasteiger charge is 2.24. The molecule has 0 spiro atoms. The van der Waals surface area contributed by atoms with E-state index < -0.39 is 0 Å². The molecule has 2 aromatic rings. The van der Waals surface area contributed by atoms with Crippen LogP contribution in [0, 0.1) is 0 Å². The molecule has 0 radical (unpaired) electrons. The Morgan fingerprint density at radius 2 is 2.04 bits per heavy atom. The Morgan fingerprint density at radius 3 is 2.76 bits per heavy atom. The van der Waals surface area contributed by atoms with Gasteiger partial charge in [0, 0.05) is 43.0 Å². The second-order valence-electron chi connectivity index (χ2n) is 6.03. The minimum Gasteiger partial charge on any atom is -0.333 e. The zero-order chi connectivity index (χ0) is 17.1. The molecule has 0 bridgehead atoms. The van der Waals surface area contributed by atoms with E-state index in [1.807, 2.05) is 30.0 Å². The lowest BCUT2D eigenvalue weighted by Gasteiger charge is -2.34. The van der Waals surface area contributed by atoms with Gasteiger partial charge in [-0.3, -0.25) is 9.59 Å². The second kappa shape index (κ2) is 8.52. The smallest absolute Gasteiger partial charge is 0.255 e. The Hall–Kier alpha value is -1.82. The molecule has 1 atom stereocenters. The van der Waals surface area contributed by atoms with Gasteiger partial charge in [0.1, 0.15) is 0 Å². The van der Waals surface area contributed by atoms with E-state index in [4.69, 9.17) is 11.6 Å². The molecule has 1 N–H and O–H groups in total. The first-order valence-electron chi connectivity index (χ1n) is 8.02. The first-order valence-corrected chi connectivity index (χ1v) is 8.39. The van der Waals surface area contributed by atoms with Gasteiger partial charge >= 0.3 is 0 Å². The van der Waals surface area contributed by atoms with Gasteiger partial charge in [0.15, 0.2) is 0 Å². The fourth-order valence-electron chi connectivity index (χ4n) is 2.90. The number of pyridine rings is 1. The zero-order valence-electron chi connectivity index (χ0n) is 13.9. The van der Waals surface area contributed by atoms with Crippen LogP contribution >= 0.6 is 24.0 Å². The average molecular weight is 382 g/mol. The van der Waals surface area contributed by atoms with Crippen molar-refractivity contribution in [1.29, 1.82) is 0 Å². The topological polar surface area (TPSA) is 54.3 Å². The van der Waals surface area contributed by atoms with E-state index in [0.29, 0.717) is 23.7 Å². The first kappa shape index (κ1) is 19.5. The Balaban J connectivity index is 0.00000225. The van der Waals surface area contributed by atoms with Crippen molar-refractivity contribution >= 4 is 29.9 Å². The lowest BCUT2D eigenvalue weighted by atomic mass is 10.1. The van der Waals surface area contributed by atoms with Crippen LogP contribution in [0.25, 0.3) is 0 Å². The van der Waals surface area contributed by atoms with Crippen molar-refractivity contribution < 1.29 is 4.79 Å². The van der Waals surface area contributed by atoms with E-state index in [9.17, 15) is 9.59 Å². The summed E-state index contributed by atoms with van der Waals surface area (Å²) in [6.45, 7) is 4.60. The van der Waals surface area contributed by atoms with Crippen LogP contribution in [-0.2, 0) is 6.54 Å². The van der Waals surface area contributed by atoms with E-state index in [1.165, 1.54) is 10.6 Å². The third-order valence-corrected chi connectivity index (χ3v) is 4.66. The SMILES string of the molecule is CC1CNCCN1C(=O)c1ccc(=O)n(Cc2ccccc2Cl)c1.Cl. The predicted molar refractivity (Wildman–Crippen MR) is 102 cm³/mol. The fraction of sp³-hybridized carbons (Fsp3) is 0.333. The van der Waals surface area contributed by atoms with Crippen LogP contribution in [-0.4, -0.2) is 41.1 Å². The predicted octanol–water partition coefficient (Wildman–Crippen LogP) is 2.41. The highest BCUT2D eigenvalue weighted by atomic mass is 35.5. The van der Waals surface area contributed by atoms with Gasteiger partial charge in [-0.1, -0.05) is 29.8 Å².